The number of nitrogens with one attached hydrogen (secondary N) is 2. The summed E-state index contributed by atoms with van der Waals surface area (Å²) in [6, 6.07) is 5.91. The fraction of sp³-hybridized carbons (Fsp3) is 0.474. The van der Waals surface area contributed by atoms with Crippen molar-refractivity contribution in [3.05, 3.63) is 36.0 Å². The van der Waals surface area contributed by atoms with E-state index >= 15 is 0 Å². The highest BCUT2D eigenvalue weighted by Gasteiger charge is 2.31. The molecule has 12 heteroatoms. The van der Waals surface area contributed by atoms with E-state index in [2.05, 4.69) is 29.6 Å². The number of ether oxygens (including phenoxy) is 1. The van der Waals surface area contributed by atoms with Crippen molar-refractivity contribution in [2.75, 3.05) is 36.4 Å². The summed E-state index contributed by atoms with van der Waals surface area (Å²) < 4.78 is 67.4. The maximum Gasteiger partial charge on any atom is 0.573 e. The molecule has 1 aromatic carbocycles. The first-order valence-corrected chi connectivity index (χ1v) is 11.3. The highest BCUT2D eigenvalue weighted by atomic mass is 32.2. The molecule has 0 saturated carbocycles. The van der Waals surface area contributed by atoms with Crippen molar-refractivity contribution in [3.8, 4) is 5.75 Å². The van der Waals surface area contributed by atoms with Crippen LogP contribution in [0.3, 0.4) is 0 Å². The van der Waals surface area contributed by atoms with Crippen molar-refractivity contribution < 1.29 is 26.3 Å². The Kier molecular flexibility index (Phi) is 7.21. The molecule has 0 atom stereocenters. The molecular weight excluding hydrogens is 435 g/mol. The molecule has 0 spiro atoms. The molecule has 0 radical (unpaired) electrons. The van der Waals surface area contributed by atoms with Crippen molar-refractivity contribution in [1.82, 2.24) is 14.7 Å². The average molecular weight is 459 g/mol. The molecule has 1 aliphatic heterocycles. The summed E-state index contributed by atoms with van der Waals surface area (Å²) in [6.45, 7) is 4.04. The van der Waals surface area contributed by atoms with E-state index in [0.29, 0.717) is 5.95 Å². The van der Waals surface area contributed by atoms with Crippen LogP contribution in [0.2, 0.25) is 0 Å². The third-order valence-electron chi connectivity index (χ3n) is 4.59. The number of rotatable bonds is 8. The van der Waals surface area contributed by atoms with E-state index in [-0.39, 0.29) is 18.0 Å². The van der Waals surface area contributed by atoms with Gasteiger partial charge in [-0.2, -0.15) is 4.98 Å². The Morgan fingerprint density at radius 1 is 1.06 bits per heavy atom. The Morgan fingerprint density at radius 3 is 2.39 bits per heavy atom. The van der Waals surface area contributed by atoms with Crippen molar-refractivity contribution in [2.45, 2.75) is 37.4 Å². The van der Waals surface area contributed by atoms with E-state index in [4.69, 9.17) is 0 Å². The van der Waals surface area contributed by atoms with E-state index in [0.717, 1.165) is 61.7 Å². The van der Waals surface area contributed by atoms with Gasteiger partial charge in [-0.3, -0.25) is 0 Å². The normalized spacial score (nSPS) is 15.0. The maximum atomic E-state index is 12.3. The summed E-state index contributed by atoms with van der Waals surface area (Å²) >= 11 is 0. The molecule has 0 unspecified atom stereocenters. The van der Waals surface area contributed by atoms with Crippen LogP contribution < -0.4 is 19.7 Å². The average Bonchev–Trinajstić information content (AvgIpc) is 2.71. The zero-order valence-corrected chi connectivity index (χ0v) is 17.8. The smallest absolute Gasteiger partial charge is 0.406 e. The van der Waals surface area contributed by atoms with Crippen LogP contribution in [0.1, 0.15) is 25.0 Å². The largest absolute Gasteiger partial charge is 0.573 e. The van der Waals surface area contributed by atoms with Crippen molar-refractivity contribution in [3.63, 3.8) is 0 Å². The second kappa shape index (κ2) is 9.69. The monoisotopic (exact) mass is 459 g/mol. The number of anilines is 2. The fourth-order valence-corrected chi connectivity index (χ4v) is 4.21. The highest BCUT2D eigenvalue weighted by Crippen LogP contribution is 2.24. The summed E-state index contributed by atoms with van der Waals surface area (Å²) in [5.74, 6) is 0.763. The minimum atomic E-state index is -4.84. The SMILES string of the molecule is Cc1cc(N2CCCCC2)nc(NCCNS(=O)(=O)c2ccc(OC(F)(F)F)cc2)n1. The summed E-state index contributed by atoms with van der Waals surface area (Å²) in [7, 11) is -3.88. The first kappa shape index (κ1) is 23.1. The second-order valence-electron chi connectivity index (χ2n) is 7.08. The van der Waals surface area contributed by atoms with Gasteiger partial charge in [-0.15, -0.1) is 13.2 Å². The van der Waals surface area contributed by atoms with Gasteiger partial charge >= 0.3 is 6.36 Å². The van der Waals surface area contributed by atoms with E-state index < -0.39 is 22.1 Å². The van der Waals surface area contributed by atoms with Crippen LogP contribution >= 0.6 is 0 Å². The van der Waals surface area contributed by atoms with Crippen LogP contribution in [-0.4, -0.2) is 50.9 Å². The molecule has 1 saturated heterocycles. The third kappa shape index (κ3) is 6.96. The molecule has 8 nitrogen and oxygen atoms in total. The van der Waals surface area contributed by atoms with E-state index in [1.165, 1.54) is 6.42 Å². The van der Waals surface area contributed by atoms with Gasteiger partial charge in [0.25, 0.3) is 0 Å². The van der Waals surface area contributed by atoms with Crippen molar-refractivity contribution >= 4 is 21.8 Å². The van der Waals surface area contributed by atoms with Crippen LogP contribution in [0.5, 0.6) is 5.75 Å². The van der Waals surface area contributed by atoms with Crippen LogP contribution in [0.25, 0.3) is 0 Å². The summed E-state index contributed by atoms with van der Waals surface area (Å²) in [4.78, 5) is 10.9. The lowest BCUT2D eigenvalue weighted by Gasteiger charge is -2.28. The van der Waals surface area contributed by atoms with Crippen LogP contribution in [-0.2, 0) is 10.0 Å². The number of aromatic nitrogens is 2. The zero-order chi connectivity index (χ0) is 22.5. The van der Waals surface area contributed by atoms with Gasteiger partial charge in [-0.25, -0.2) is 18.1 Å². The standard InChI is InChI=1S/C19H24F3N5O3S/c1-14-13-17(27-11-3-2-4-12-27)26-18(25-14)23-9-10-24-31(28,29)16-7-5-15(6-8-16)30-19(20,21)22/h5-8,13,24H,2-4,9-12H2,1H3,(H,23,25,26). The van der Waals surface area contributed by atoms with Gasteiger partial charge in [0.1, 0.15) is 11.6 Å². The Labute approximate surface area is 178 Å². The number of nitrogens with zero attached hydrogens (tertiary/aromatic N) is 3. The van der Waals surface area contributed by atoms with Gasteiger partial charge in [0.2, 0.25) is 16.0 Å². The molecule has 3 rings (SSSR count). The molecule has 2 heterocycles. The topological polar surface area (TPSA) is 96.5 Å². The first-order valence-electron chi connectivity index (χ1n) is 9.82. The lowest BCUT2D eigenvalue weighted by molar-refractivity contribution is -0.274. The van der Waals surface area contributed by atoms with Crippen molar-refractivity contribution in [1.29, 1.82) is 0 Å². The van der Waals surface area contributed by atoms with E-state index in [1.54, 1.807) is 0 Å². The highest BCUT2D eigenvalue weighted by molar-refractivity contribution is 7.89. The molecule has 0 bridgehead atoms. The predicted molar refractivity (Wildman–Crippen MR) is 110 cm³/mol. The molecule has 1 aromatic heterocycles. The fourth-order valence-electron chi connectivity index (χ4n) is 3.18. The minimum absolute atomic E-state index is 0.0412. The minimum Gasteiger partial charge on any atom is -0.406 e. The molecule has 1 fully saturated rings. The Bertz CT molecular complexity index is 978. The lowest BCUT2D eigenvalue weighted by Crippen LogP contribution is -2.31. The predicted octanol–water partition coefficient (Wildman–Crippen LogP) is 3.06. The maximum absolute atomic E-state index is 12.3. The van der Waals surface area contributed by atoms with E-state index in [1.807, 2.05) is 13.0 Å². The molecule has 2 aromatic rings. The molecule has 2 N–H and O–H groups in total. The molecule has 170 valence electrons. The van der Waals surface area contributed by atoms with Gasteiger partial charge in [0.05, 0.1) is 4.90 Å². The summed E-state index contributed by atoms with van der Waals surface area (Å²) in [5.41, 5.74) is 0.805. The molecule has 0 amide bonds. The van der Waals surface area contributed by atoms with Gasteiger partial charge in [0.15, 0.2) is 0 Å². The summed E-state index contributed by atoms with van der Waals surface area (Å²) in [6.07, 6.45) is -1.38. The number of halogens is 3. The van der Waals surface area contributed by atoms with Crippen molar-refractivity contribution in [2.24, 2.45) is 0 Å². The number of hydrogen-bond acceptors (Lipinski definition) is 7. The Morgan fingerprint density at radius 2 is 1.74 bits per heavy atom. The number of aryl methyl sites for hydroxylation is 1. The van der Waals surface area contributed by atoms with E-state index in [9.17, 15) is 21.6 Å². The number of sulfonamides is 1. The van der Waals surface area contributed by atoms with Crippen LogP contribution in [0.4, 0.5) is 24.9 Å². The molecule has 0 aliphatic carbocycles. The Hall–Kier alpha value is -2.60. The quantitative estimate of drug-likeness (QED) is 0.586. The van der Waals surface area contributed by atoms with Gasteiger partial charge in [-0.1, -0.05) is 0 Å². The lowest BCUT2D eigenvalue weighted by atomic mass is 10.1. The van der Waals surface area contributed by atoms with Crippen LogP contribution in [0, 0.1) is 6.92 Å². The third-order valence-corrected chi connectivity index (χ3v) is 6.07. The van der Waals surface area contributed by atoms with Gasteiger partial charge in [0, 0.05) is 37.9 Å². The van der Waals surface area contributed by atoms with Gasteiger partial charge in [-0.05, 0) is 50.5 Å². The van der Waals surface area contributed by atoms with Gasteiger partial charge < -0.3 is 15.0 Å². The molecule has 31 heavy (non-hydrogen) atoms. The zero-order valence-electron chi connectivity index (χ0n) is 16.9. The first-order chi connectivity index (χ1) is 14.6. The number of hydrogen-bond donors (Lipinski definition) is 2. The molecule has 1 aliphatic rings. The number of alkyl halides is 3. The Balaban J connectivity index is 1.53. The summed E-state index contributed by atoms with van der Waals surface area (Å²) in [5, 5.41) is 3.00. The number of benzene rings is 1. The number of piperidine rings is 1. The second-order valence-corrected chi connectivity index (χ2v) is 8.85. The van der Waals surface area contributed by atoms with Crippen LogP contribution in [0.15, 0.2) is 35.2 Å². The molecular formula is C19H24F3N5O3S.